The van der Waals surface area contributed by atoms with Crippen LogP contribution in [0.5, 0.6) is 5.75 Å². The minimum atomic E-state index is -4.80. The van der Waals surface area contributed by atoms with Crippen LogP contribution in [0.4, 0.5) is 36.3 Å². The van der Waals surface area contributed by atoms with Crippen molar-refractivity contribution in [3.8, 4) is 5.75 Å². The summed E-state index contributed by atoms with van der Waals surface area (Å²) in [5, 5.41) is 4.11. The average Bonchev–Trinajstić information content (AvgIpc) is 3.09. The first-order valence-electron chi connectivity index (χ1n) is 13.2. The van der Waals surface area contributed by atoms with E-state index < -0.39 is 35.8 Å². The van der Waals surface area contributed by atoms with E-state index in [1.807, 2.05) is 13.8 Å². The maximum absolute atomic E-state index is 14.0. The van der Waals surface area contributed by atoms with Crippen molar-refractivity contribution in [2.75, 3.05) is 24.8 Å². The van der Waals surface area contributed by atoms with Gasteiger partial charge in [-0.05, 0) is 56.0 Å². The number of amides is 1. The van der Waals surface area contributed by atoms with Gasteiger partial charge in [0, 0.05) is 13.2 Å². The second kappa shape index (κ2) is 10.9. The number of aromatic nitrogens is 2. The Bertz CT molecular complexity index is 1570. The molecule has 1 amide bonds. The summed E-state index contributed by atoms with van der Waals surface area (Å²) in [6.07, 6.45) is -3.84. The van der Waals surface area contributed by atoms with Crippen LogP contribution in [0.25, 0.3) is 0 Å². The van der Waals surface area contributed by atoms with Crippen molar-refractivity contribution < 1.29 is 37.1 Å². The van der Waals surface area contributed by atoms with Gasteiger partial charge in [0.05, 0.1) is 34.7 Å². The molecule has 0 saturated heterocycles. The van der Waals surface area contributed by atoms with Gasteiger partial charge in [0.15, 0.2) is 0 Å². The molecule has 0 unspecified atom stereocenters. The lowest BCUT2D eigenvalue weighted by atomic mass is 9.92. The Morgan fingerprint density at radius 3 is 2.31 bits per heavy atom. The molecule has 226 valence electrons. The van der Waals surface area contributed by atoms with Crippen LogP contribution in [0.3, 0.4) is 0 Å². The van der Waals surface area contributed by atoms with Gasteiger partial charge in [-0.25, -0.2) is 4.98 Å². The zero-order valence-electron chi connectivity index (χ0n) is 24.0. The minimum absolute atomic E-state index is 0.166. The van der Waals surface area contributed by atoms with Crippen LogP contribution in [-0.2, 0) is 21.4 Å². The molecule has 0 aliphatic carbocycles. The van der Waals surface area contributed by atoms with Gasteiger partial charge < -0.3 is 30.1 Å². The molecule has 0 spiro atoms. The van der Waals surface area contributed by atoms with E-state index in [0.717, 1.165) is 0 Å². The Morgan fingerprint density at radius 1 is 1.07 bits per heavy atom. The number of hydrogen-bond acceptors (Lipinski definition) is 7. The number of halogens is 3. The van der Waals surface area contributed by atoms with Crippen LogP contribution < -0.4 is 15.4 Å². The summed E-state index contributed by atoms with van der Waals surface area (Å²) in [6, 6.07) is 9.43. The minimum Gasteiger partial charge on any atom is -0.495 e. The number of carbonyl (C=O) groups is 1. The molecule has 14 heteroatoms. The highest BCUT2D eigenvalue weighted by molar-refractivity contribution is 7.53. The Hall–Kier alpha value is -3.67. The van der Waals surface area contributed by atoms with E-state index in [2.05, 4.69) is 20.6 Å². The van der Waals surface area contributed by atoms with Gasteiger partial charge in [0.1, 0.15) is 17.1 Å². The molecule has 0 bridgehead atoms. The predicted molar refractivity (Wildman–Crippen MR) is 152 cm³/mol. The third-order valence-corrected chi connectivity index (χ3v) is 10.1. The molecule has 1 aromatic heterocycles. The van der Waals surface area contributed by atoms with E-state index in [4.69, 9.17) is 4.74 Å². The topological polar surface area (TPSA) is 137 Å². The molecule has 4 rings (SSSR count). The molecule has 10 nitrogen and oxygen atoms in total. The second-order valence-corrected chi connectivity index (χ2v) is 12.5. The molecular formula is C28H33F3N5O5P. The fourth-order valence-corrected chi connectivity index (χ4v) is 6.61. The number of hydrogen-bond donors (Lipinski definition) is 4. The first-order valence-corrected chi connectivity index (χ1v) is 14.8. The van der Waals surface area contributed by atoms with Crippen LogP contribution >= 0.6 is 7.60 Å². The van der Waals surface area contributed by atoms with Crippen molar-refractivity contribution in [3.05, 3.63) is 64.8 Å². The smallest absolute Gasteiger partial charge is 0.421 e. The first-order chi connectivity index (χ1) is 19.5. The van der Waals surface area contributed by atoms with Crippen molar-refractivity contribution in [3.63, 3.8) is 0 Å². The van der Waals surface area contributed by atoms with Crippen LogP contribution in [-0.4, -0.2) is 44.7 Å². The van der Waals surface area contributed by atoms with Gasteiger partial charge in [-0.15, -0.1) is 0 Å². The predicted octanol–water partition coefficient (Wildman–Crippen LogP) is 6.50. The second-order valence-electron chi connectivity index (χ2n) is 10.6. The highest BCUT2D eigenvalue weighted by Gasteiger charge is 2.46. The lowest BCUT2D eigenvalue weighted by Gasteiger charge is -2.33. The Balaban J connectivity index is 1.76. The lowest BCUT2D eigenvalue weighted by molar-refractivity contribution is -0.137. The quantitative estimate of drug-likeness (QED) is 0.201. The monoisotopic (exact) mass is 607 g/mol. The number of nitrogens with one attached hydrogen (secondary N) is 2. The van der Waals surface area contributed by atoms with E-state index in [1.165, 1.54) is 36.3 Å². The molecule has 4 N–H and O–H groups in total. The Labute approximate surface area is 241 Å². The van der Waals surface area contributed by atoms with Gasteiger partial charge in [0.2, 0.25) is 5.95 Å². The Morgan fingerprint density at radius 2 is 1.74 bits per heavy atom. The van der Waals surface area contributed by atoms with E-state index in [-0.39, 0.29) is 47.4 Å². The maximum atomic E-state index is 14.0. The molecule has 3 aromatic rings. The first kappa shape index (κ1) is 31.3. The third-order valence-electron chi connectivity index (χ3n) is 8.14. The highest BCUT2D eigenvalue weighted by atomic mass is 31.2. The summed E-state index contributed by atoms with van der Waals surface area (Å²) >= 11 is 0. The number of methoxy groups -OCH3 is 1. The standard InChI is InChI=1S/C28H33F3N5O5P/c1-7-27(8-2,42(38,39)40)16-12-13-19(21(14-16)41-6)34-25-32-15-18(28(29,30)31)23(35-25)33-20-11-9-10-17-22(20)24(37)36(5)26(17,3)4/h9-15H,7-8H2,1-6H3,(H2,38,39,40)(H2,32,33,34,35). The molecule has 1 aliphatic rings. The normalized spacial score (nSPS) is 15.0. The number of benzene rings is 2. The van der Waals surface area contributed by atoms with Gasteiger partial charge in [-0.1, -0.05) is 32.0 Å². The fraction of sp³-hybridized carbons (Fsp3) is 0.393. The number of carbonyl (C=O) groups excluding carboxylic acids is 1. The summed E-state index contributed by atoms with van der Waals surface area (Å²) < 4.78 is 59.8. The summed E-state index contributed by atoms with van der Waals surface area (Å²) in [5.41, 5.74) is -0.0961. The van der Waals surface area contributed by atoms with Gasteiger partial charge in [-0.2, -0.15) is 18.2 Å². The molecule has 0 fully saturated rings. The van der Waals surface area contributed by atoms with Crippen molar-refractivity contribution in [1.29, 1.82) is 0 Å². The molecule has 0 atom stereocenters. The summed E-state index contributed by atoms with van der Waals surface area (Å²) in [6.45, 7) is 7.05. The number of ether oxygens (including phenoxy) is 1. The summed E-state index contributed by atoms with van der Waals surface area (Å²) in [4.78, 5) is 42.8. The highest BCUT2D eigenvalue weighted by Crippen LogP contribution is 2.61. The average molecular weight is 608 g/mol. The van der Waals surface area contributed by atoms with E-state index in [1.54, 1.807) is 33.0 Å². The van der Waals surface area contributed by atoms with Gasteiger partial charge >= 0.3 is 13.8 Å². The van der Waals surface area contributed by atoms with E-state index in [0.29, 0.717) is 17.3 Å². The number of nitrogens with zero attached hydrogens (tertiary/aromatic N) is 3. The van der Waals surface area contributed by atoms with Crippen LogP contribution in [0.2, 0.25) is 0 Å². The maximum Gasteiger partial charge on any atom is 0.421 e. The van der Waals surface area contributed by atoms with Gasteiger partial charge in [-0.3, -0.25) is 9.36 Å². The number of fused-ring (bicyclic) bond motifs is 1. The molecular weight excluding hydrogens is 574 g/mol. The number of anilines is 4. The Kier molecular flexibility index (Phi) is 8.09. The van der Waals surface area contributed by atoms with Crippen molar-refractivity contribution in [2.45, 2.75) is 57.4 Å². The van der Waals surface area contributed by atoms with Crippen molar-refractivity contribution >= 4 is 36.6 Å². The largest absolute Gasteiger partial charge is 0.495 e. The number of alkyl halides is 3. The molecule has 0 saturated carbocycles. The summed E-state index contributed by atoms with van der Waals surface area (Å²) in [5.74, 6) is -0.932. The van der Waals surface area contributed by atoms with E-state index >= 15 is 0 Å². The molecule has 0 radical (unpaired) electrons. The van der Waals surface area contributed by atoms with Crippen LogP contribution in [0.15, 0.2) is 42.6 Å². The van der Waals surface area contributed by atoms with Crippen molar-refractivity contribution in [2.24, 2.45) is 0 Å². The van der Waals surface area contributed by atoms with Crippen LogP contribution in [0, 0.1) is 0 Å². The van der Waals surface area contributed by atoms with Gasteiger partial charge in [0.25, 0.3) is 5.91 Å². The molecule has 2 aromatic carbocycles. The summed E-state index contributed by atoms with van der Waals surface area (Å²) in [7, 11) is -1.58. The van der Waals surface area contributed by atoms with Crippen molar-refractivity contribution in [1.82, 2.24) is 14.9 Å². The molecule has 2 heterocycles. The SMILES string of the molecule is CCC(CC)(c1ccc(Nc2ncc(C(F)(F)F)c(Nc3cccc4c3C(=O)N(C)C4(C)C)n2)c(OC)c1)P(=O)(O)O. The van der Waals surface area contributed by atoms with Crippen LogP contribution in [0.1, 0.15) is 67.6 Å². The zero-order chi connectivity index (χ0) is 31.3. The zero-order valence-corrected chi connectivity index (χ0v) is 24.9. The number of rotatable bonds is 9. The third kappa shape index (κ3) is 5.21. The fourth-order valence-electron chi connectivity index (χ4n) is 5.31. The lowest BCUT2D eigenvalue weighted by Crippen LogP contribution is -2.35. The molecule has 1 aliphatic heterocycles. The van der Waals surface area contributed by atoms with E-state index in [9.17, 15) is 32.3 Å². The molecule has 42 heavy (non-hydrogen) atoms.